The van der Waals surface area contributed by atoms with Gasteiger partial charge >= 0.3 is 6.09 Å². The second-order valence-corrected chi connectivity index (χ2v) is 6.37. The molecule has 1 aliphatic rings. The summed E-state index contributed by atoms with van der Waals surface area (Å²) in [6.45, 7) is 4.41. The minimum absolute atomic E-state index is 0.157. The van der Waals surface area contributed by atoms with Crippen molar-refractivity contribution >= 4 is 11.9 Å². The molecule has 1 heterocycles. The first-order valence-electron chi connectivity index (χ1n) is 8.54. The number of hydrogen-bond donors (Lipinski definition) is 2. The van der Waals surface area contributed by atoms with Crippen LogP contribution in [0, 0.1) is 19.8 Å². The van der Waals surface area contributed by atoms with Gasteiger partial charge in [-0.3, -0.25) is 10.4 Å². The van der Waals surface area contributed by atoms with Gasteiger partial charge in [-0.2, -0.15) is 5.10 Å². The molecule has 1 atom stereocenters. The van der Waals surface area contributed by atoms with Crippen molar-refractivity contribution in [1.29, 1.82) is 0 Å². The average Bonchev–Trinajstić information content (AvgIpc) is 3.08. The summed E-state index contributed by atoms with van der Waals surface area (Å²) in [6.07, 6.45) is 6.12. The zero-order chi connectivity index (χ0) is 18.5. The predicted octanol–water partition coefficient (Wildman–Crippen LogP) is 4.35. The normalized spacial score (nSPS) is 16.1. The fourth-order valence-electron chi connectivity index (χ4n) is 2.88. The number of amides is 1. The summed E-state index contributed by atoms with van der Waals surface area (Å²) in [5.74, 6) is 1.43. The summed E-state index contributed by atoms with van der Waals surface area (Å²) in [6, 6.07) is 7.99. The molecule has 2 N–H and O–H groups in total. The Morgan fingerprint density at radius 2 is 2.19 bits per heavy atom. The number of rotatable bonds is 5. The number of allylic oxidation sites excluding steroid dienone is 2. The SMILES string of the molecule is COC1=CCC(COC(=O)Nc2cc(-c3ccc(C)cc3C)[nH]n2)C=C1. The van der Waals surface area contributed by atoms with Gasteiger partial charge in [0.1, 0.15) is 5.76 Å². The van der Waals surface area contributed by atoms with Crippen molar-refractivity contribution in [3.8, 4) is 11.3 Å². The topological polar surface area (TPSA) is 76.2 Å². The highest BCUT2D eigenvalue weighted by Crippen LogP contribution is 2.24. The van der Waals surface area contributed by atoms with Gasteiger partial charge in [-0.05, 0) is 38.0 Å². The van der Waals surface area contributed by atoms with E-state index in [-0.39, 0.29) is 5.92 Å². The molecule has 0 radical (unpaired) electrons. The molecule has 2 aromatic rings. The number of aromatic amines is 1. The molecule has 0 bridgehead atoms. The van der Waals surface area contributed by atoms with Gasteiger partial charge in [-0.25, -0.2) is 4.79 Å². The monoisotopic (exact) mass is 353 g/mol. The zero-order valence-corrected chi connectivity index (χ0v) is 15.2. The van der Waals surface area contributed by atoms with Crippen LogP contribution in [-0.2, 0) is 9.47 Å². The lowest BCUT2D eigenvalue weighted by molar-refractivity contribution is 0.148. The summed E-state index contributed by atoms with van der Waals surface area (Å²) in [4.78, 5) is 12.0. The number of carbonyl (C=O) groups is 1. The van der Waals surface area contributed by atoms with Gasteiger partial charge in [0.25, 0.3) is 0 Å². The number of carbonyl (C=O) groups excluding carboxylic acids is 1. The third-order valence-corrected chi connectivity index (χ3v) is 4.30. The van der Waals surface area contributed by atoms with E-state index in [0.29, 0.717) is 12.4 Å². The Balaban J connectivity index is 1.53. The van der Waals surface area contributed by atoms with Gasteiger partial charge in [0.15, 0.2) is 5.82 Å². The first kappa shape index (κ1) is 17.8. The molecule has 0 fully saturated rings. The molecule has 1 unspecified atom stereocenters. The van der Waals surface area contributed by atoms with Crippen LogP contribution < -0.4 is 5.32 Å². The van der Waals surface area contributed by atoms with Gasteiger partial charge in [0, 0.05) is 17.5 Å². The van der Waals surface area contributed by atoms with Crippen LogP contribution in [-0.4, -0.2) is 30.0 Å². The summed E-state index contributed by atoms with van der Waals surface area (Å²) < 4.78 is 10.4. The maximum Gasteiger partial charge on any atom is 0.412 e. The Kier molecular flexibility index (Phi) is 5.41. The Labute approximate surface area is 152 Å². The van der Waals surface area contributed by atoms with Gasteiger partial charge in [-0.1, -0.05) is 29.8 Å². The summed E-state index contributed by atoms with van der Waals surface area (Å²) in [5, 5.41) is 9.74. The van der Waals surface area contributed by atoms with Gasteiger partial charge < -0.3 is 9.47 Å². The van der Waals surface area contributed by atoms with E-state index >= 15 is 0 Å². The molecule has 26 heavy (non-hydrogen) atoms. The molecule has 136 valence electrons. The van der Waals surface area contributed by atoms with Crippen LogP contribution in [0.5, 0.6) is 0 Å². The Morgan fingerprint density at radius 3 is 2.88 bits per heavy atom. The molecule has 3 rings (SSSR count). The van der Waals surface area contributed by atoms with Crippen LogP contribution in [0.3, 0.4) is 0 Å². The van der Waals surface area contributed by atoms with Crippen LogP contribution in [0.25, 0.3) is 11.3 Å². The highest BCUT2D eigenvalue weighted by molar-refractivity contribution is 5.84. The molecule has 6 nitrogen and oxygen atoms in total. The van der Waals surface area contributed by atoms with Crippen molar-refractivity contribution in [2.24, 2.45) is 5.92 Å². The lowest BCUT2D eigenvalue weighted by Crippen LogP contribution is -2.18. The number of nitrogens with zero attached hydrogens (tertiary/aromatic N) is 1. The van der Waals surface area contributed by atoms with E-state index in [0.717, 1.165) is 29.0 Å². The molecule has 1 aromatic carbocycles. The largest absolute Gasteiger partial charge is 0.497 e. The Hall–Kier alpha value is -3.02. The van der Waals surface area contributed by atoms with E-state index in [4.69, 9.17) is 9.47 Å². The van der Waals surface area contributed by atoms with E-state index in [1.807, 2.05) is 37.3 Å². The lowest BCUT2D eigenvalue weighted by Gasteiger charge is -2.15. The predicted molar refractivity (Wildman–Crippen MR) is 101 cm³/mol. The minimum Gasteiger partial charge on any atom is -0.497 e. The number of hydrogen-bond acceptors (Lipinski definition) is 4. The van der Waals surface area contributed by atoms with Crippen LogP contribution in [0.4, 0.5) is 10.6 Å². The molecule has 0 saturated heterocycles. The summed E-state index contributed by atoms with van der Waals surface area (Å²) in [7, 11) is 1.64. The minimum atomic E-state index is -0.515. The fourth-order valence-corrected chi connectivity index (χ4v) is 2.88. The molecular weight excluding hydrogens is 330 g/mol. The molecule has 1 aliphatic carbocycles. The van der Waals surface area contributed by atoms with Crippen molar-refractivity contribution < 1.29 is 14.3 Å². The van der Waals surface area contributed by atoms with E-state index in [9.17, 15) is 4.79 Å². The summed E-state index contributed by atoms with van der Waals surface area (Å²) in [5.41, 5.74) is 4.26. The number of ether oxygens (including phenoxy) is 2. The van der Waals surface area contributed by atoms with Gasteiger partial charge in [-0.15, -0.1) is 0 Å². The van der Waals surface area contributed by atoms with Crippen LogP contribution in [0.2, 0.25) is 0 Å². The van der Waals surface area contributed by atoms with Crippen molar-refractivity contribution in [3.05, 3.63) is 59.4 Å². The average molecular weight is 353 g/mol. The highest BCUT2D eigenvalue weighted by atomic mass is 16.5. The molecular formula is C20H23N3O3. The first-order valence-corrected chi connectivity index (χ1v) is 8.54. The fraction of sp³-hybridized carbons (Fsp3) is 0.300. The van der Waals surface area contributed by atoms with E-state index in [2.05, 4.69) is 28.5 Å². The van der Waals surface area contributed by atoms with Crippen molar-refractivity contribution in [1.82, 2.24) is 10.2 Å². The van der Waals surface area contributed by atoms with E-state index < -0.39 is 6.09 Å². The number of benzene rings is 1. The number of anilines is 1. The third kappa shape index (κ3) is 4.33. The molecule has 0 spiro atoms. The maximum absolute atomic E-state index is 12.0. The number of H-pyrrole nitrogens is 1. The van der Waals surface area contributed by atoms with Gasteiger partial charge in [0.2, 0.25) is 0 Å². The number of methoxy groups -OCH3 is 1. The van der Waals surface area contributed by atoms with Crippen LogP contribution in [0.1, 0.15) is 17.5 Å². The quantitative estimate of drug-likeness (QED) is 0.838. The highest BCUT2D eigenvalue weighted by Gasteiger charge is 2.14. The standard InChI is InChI=1S/C20H23N3O3/c1-13-4-9-17(14(2)10-13)18-11-19(23-22-18)21-20(24)26-12-15-5-7-16(25-3)8-6-15/h4-5,7-11,15H,6,12H2,1-3H3,(H2,21,22,23,24). The first-order chi connectivity index (χ1) is 12.5. The molecule has 1 amide bonds. The smallest absolute Gasteiger partial charge is 0.412 e. The third-order valence-electron chi connectivity index (χ3n) is 4.30. The van der Waals surface area contributed by atoms with Gasteiger partial charge in [0.05, 0.1) is 19.4 Å². The number of aryl methyl sites for hydroxylation is 2. The van der Waals surface area contributed by atoms with E-state index in [1.165, 1.54) is 5.56 Å². The molecule has 0 saturated carbocycles. The number of aromatic nitrogens is 2. The van der Waals surface area contributed by atoms with Crippen molar-refractivity contribution in [2.45, 2.75) is 20.3 Å². The lowest BCUT2D eigenvalue weighted by atomic mass is 10.0. The zero-order valence-electron chi connectivity index (χ0n) is 15.2. The van der Waals surface area contributed by atoms with Crippen LogP contribution in [0.15, 0.2) is 48.3 Å². The van der Waals surface area contributed by atoms with Crippen LogP contribution >= 0.6 is 0 Å². The Morgan fingerprint density at radius 1 is 1.35 bits per heavy atom. The second kappa shape index (κ2) is 7.91. The summed E-state index contributed by atoms with van der Waals surface area (Å²) >= 11 is 0. The number of nitrogens with one attached hydrogen (secondary N) is 2. The second-order valence-electron chi connectivity index (χ2n) is 6.37. The molecule has 1 aromatic heterocycles. The molecule has 6 heteroatoms. The van der Waals surface area contributed by atoms with E-state index in [1.54, 1.807) is 13.2 Å². The maximum atomic E-state index is 12.0. The van der Waals surface area contributed by atoms with Crippen molar-refractivity contribution in [3.63, 3.8) is 0 Å². The Bertz CT molecular complexity index is 852. The molecule has 0 aliphatic heterocycles. The van der Waals surface area contributed by atoms with Crippen molar-refractivity contribution in [2.75, 3.05) is 19.0 Å².